The van der Waals surface area contributed by atoms with Gasteiger partial charge in [-0.15, -0.1) is 23.1 Å². The van der Waals surface area contributed by atoms with E-state index in [1.54, 1.807) is 6.07 Å². The van der Waals surface area contributed by atoms with Gasteiger partial charge in [-0.25, -0.2) is 4.79 Å². The Labute approximate surface area is 160 Å². The van der Waals surface area contributed by atoms with E-state index in [0.29, 0.717) is 4.88 Å². The maximum atomic E-state index is 12.7. The highest BCUT2D eigenvalue weighted by Gasteiger charge is 2.30. The van der Waals surface area contributed by atoms with E-state index < -0.39 is 23.8 Å². The topological polar surface area (TPSA) is 37.3 Å². The zero-order valence-electron chi connectivity index (χ0n) is 13.5. The van der Waals surface area contributed by atoms with Crippen LogP contribution in [0.3, 0.4) is 0 Å². The van der Waals surface area contributed by atoms with Crippen LogP contribution in [0.4, 0.5) is 13.2 Å². The number of hydrogen-bond acceptors (Lipinski definition) is 3. The fourth-order valence-electron chi connectivity index (χ4n) is 2.33. The van der Waals surface area contributed by atoms with Crippen LogP contribution in [0.25, 0.3) is 0 Å². The van der Waals surface area contributed by atoms with Crippen molar-refractivity contribution in [1.82, 2.24) is 0 Å². The molecule has 0 spiro atoms. The quantitative estimate of drug-likeness (QED) is 0.479. The van der Waals surface area contributed by atoms with Gasteiger partial charge in [-0.05, 0) is 55.7 Å². The molecule has 0 radical (unpaired) electrons. The Hall–Kier alpha value is -0.990. The monoisotopic (exact) mass is 452 g/mol. The van der Waals surface area contributed by atoms with Gasteiger partial charge in [0.1, 0.15) is 4.88 Å². The average Bonchev–Trinajstić information content (AvgIpc) is 2.98. The molecule has 1 unspecified atom stereocenters. The molecule has 0 saturated carbocycles. The highest BCUT2D eigenvalue weighted by Crippen LogP contribution is 2.44. The first-order valence-corrected chi connectivity index (χ1v) is 9.89. The van der Waals surface area contributed by atoms with Gasteiger partial charge in [-0.3, -0.25) is 0 Å². The molecule has 0 aliphatic rings. The lowest BCUT2D eigenvalue weighted by Crippen LogP contribution is -2.08. The van der Waals surface area contributed by atoms with Crippen LogP contribution >= 0.6 is 39.0 Å². The van der Waals surface area contributed by atoms with Crippen molar-refractivity contribution < 1.29 is 23.1 Å². The Morgan fingerprint density at radius 3 is 2.36 bits per heavy atom. The van der Waals surface area contributed by atoms with Crippen molar-refractivity contribution in [1.29, 1.82) is 0 Å². The minimum absolute atomic E-state index is 0.0953. The van der Waals surface area contributed by atoms with Crippen molar-refractivity contribution in [3.8, 4) is 0 Å². The van der Waals surface area contributed by atoms with Gasteiger partial charge in [-0.1, -0.05) is 15.9 Å². The van der Waals surface area contributed by atoms with Gasteiger partial charge in [0.25, 0.3) is 0 Å². The van der Waals surface area contributed by atoms with Gasteiger partial charge in [0.2, 0.25) is 0 Å². The second-order valence-corrected chi connectivity index (χ2v) is 8.82. The summed E-state index contributed by atoms with van der Waals surface area (Å²) in [5.41, 5.74) is 2.02. The molecule has 136 valence electrons. The molecule has 1 aromatic carbocycles. The molecule has 1 N–H and O–H groups in total. The second kappa shape index (κ2) is 8.14. The Kier molecular flexibility index (Phi) is 6.62. The van der Waals surface area contributed by atoms with Crippen molar-refractivity contribution in [3.63, 3.8) is 0 Å². The third-order valence-corrected chi connectivity index (χ3v) is 7.40. The maximum Gasteiger partial charge on any atom is 0.389 e. The van der Waals surface area contributed by atoms with Crippen molar-refractivity contribution >= 4 is 45.0 Å². The summed E-state index contributed by atoms with van der Waals surface area (Å²) >= 11 is 5.85. The number of thiophene rings is 1. The summed E-state index contributed by atoms with van der Waals surface area (Å²) in [5, 5.41) is 8.61. The summed E-state index contributed by atoms with van der Waals surface area (Å²) in [7, 11) is 0. The molecule has 2 rings (SSSR count). The molecule has 1 aromatic heterocycles. The number of hydrogen-bond donors (Lipinski definition) is 1. The highest BCUT2D eigenvalue weighted by atomic mass is 79.9. The van der Waals surface area contributed by atoms with E-state index in [1.165, 1.54) is 17.8 Å². The van der Waals surface area contributed by atoms with Gasteiger partial charge < -0.3 is 5.11 Å². The van der Waals surface area contributed by atoms with Crippen LogP contribution in [0.1, 0.15) is 43.8 Å². The average molecular weight is 453 g/mol. The lowest BCUT2D eigenvalue weighted by Gasteiger charge is -2.17. The van der Waals surface area contributed by atoms with Crippen LogP contribution < -0.4 is 0 Å². The van der Waals surface area contributed by atoms with Crippen LogP contribution in [-0.2, 0) is 0 Å². The molecule has 0 amide bonds. The zero-order valence-corrected chi connectivity index (χ0v) is 16.7. The van der Waals surface area contributed by atoms with E-state index in [-0.39, 0.29) is 11.3 Å². The normalized spacial score (nSPS) is 13.0. The predicted octanol–water partition coefficient (Wildman–Crippen LogP) is 7.00. The predicted molar refractivity (Wildman–Crippen MR) is 98.8 cm³/mol. The van der Waals surface area contributed by atoms with E-state index >= 15 is 0 Å². The summed E-state index contributed by atoms with van der Waals surface area (Å²) in [6.07, 6.45) is -5.24. The first-order valence-electron chi connectivity index (χ1n) is 7.40. The van der Waals surface area contributed by atoms with Crippen LogP contribution in [0.15, 0.2) is 33.6 Å². The molecule has 25 heavy (non-hydrogen) atoms. The van der Waals surface area contributed by atoms with Crippen LogP contribution in [-0.4, -0.2) is 17.3 Å². The molecular weight excluding hydrogens is 437 g/mol. The number of carbonyl (C=O) groups is 1. The summed E-state index contributed by atoms with van der Waals surface area (Å²) in [6.45, 7) is 3.86. The summed E-state index contributed by atoms with van der Waals surface area (Å²) in [6, 6.07) is 6.91. The Bertz CT molecular complexity index is 748. The number of carboxylic acid groups (broad SMARTS) is 1. The third kappa shape index (κ3) is 5.76. The Morgan fingerprint density at radius 2 is 1.88 bits per heavy atom. The fourth-order valence-corrected chi connectivity index (χ4v) is 4.96. The van der Waals surface area contributed by atoms with Crippen molar-refractivity contribution in [2.24, 2.45) is 0 Å². The minimum atomic E-state index is -4.24. The first kappa shape index (κ1) is 20.3. The molecule has 8 heteroatoms. The van der Waals surface area contributed by atoms with Crippen molar-refractivity contribution in [3.05, 3.63) is 49.6 Å². The van der Waals surface area contributed by atoms with E-state index in [0.717, 1.165) is 31.8 Å². The fraction of sp³-hybridized carbons (Fsp3) is 0.353. The van der Waals surface area contributed by atoms with E-state index in [4.69, 9.17) is 5.11 Å². The van der Waals surface area contributed by atoms with Gasteiger partial charge in [0.15, 0.2) is 0 Å². The van der Waals surface area contributed by atoms with Gasteiger partial charge in [0, 0.05) is 25.9 Å². The number of benzene rings is 1. The second-order valence-electron chi connectivity index (χ2n) is 5.64. The van der Waals surface area contributed by atoms with Crippen molar-refractivity contribution in [2.45, 2.75) is 43.0 Å². The summed E-state index contributed by atoms with van der Waals surface area (Å²) in [4.78, 5) is 12.7. The summed E-state index contributed by atoms with van der Waals surface area (Å²) in [5.74, 6) is -1.06. The number of aryl methyl sites for hydroxylation is 2. The number of rotatable bonds is 6. The van der Waals surface area contributed by atoms with E-state index in [2.05, 4.69) is 15.9 Å². The number of carboxylic acids is 1. The standard InChI is InChI=1S/C17H16BrF3O2S2/c1-9-7-11(8-10(2)15(9)18)24-13(5-6-17(19,20)21)12-3-4-14(25-12)16(22)23/h3-4,7-8,13H,5-6H2,1-2H3,(H,22,23). The Balaban J connectivity index is 2.29. The molecule has 0 aliphatic carbocycles. The molecule has 2 nitrogen and oxygen atoms in total. The highest BCUT2D eigenvalue weighted by molar-refractivity contribution is 9.10. The molecule has 0 bridgehead atoms. The lowest BCUT2D eigenvalue weighted by molar-refractivity contribution is -0.135. The Morgan fingerprint density at radius 1 is 1.28 bits per heavy atom. The molecule has 1 heterocycles. The van der Waals surface area contributed by atoms with Gasteiger partial charge >= 0.3 is 12.1 Å². The van der Waals surface area contributed by atoms with Crippen LogP contribution in [0, 0.1) is 13.8 Å². The maximum absolute atomic E-state index is 12.7. The van der Waals surface area contributed by atoms with E-state index in [9.17, 15) is 18.0 Å². The third-order valence-electron chi connectivity index (χ3n) is 3.53. The lowest BCUT2D eigenvalue weighted by atomic mass is 10.2. The molecule has 2 aromatic rings. The zero-order chi connectivity index (χ0) is 18.8. The largest absolute Gasteiger partial charge is 0.477 e. The summed E-state index contributed by atoms with van der Waals surface area (Å²) < 4.78 is 39.0. The minimum Gasteiger partial charge on any atom is -0.477 e. The van der Waals surface area contributed by atoms with Gasteiger partial charge in [-0.2, -0.15) is 13.2 Å². The molecule has 1 atom stereocenters. The number of alkyl halides is 3. The number of thioether (sulfide) groups is 1. The smallest absolute Gasteiger partial charge is 0.389 e. The van der Waals surface area contributed by atoms with Crippen LogP contribution in [0.5, 0.6) is 0 Å². The number of aromatic carboxylic acids is 1. The number of halogens is 4. The molecule has 0 fully saturated rings. The first-order chi connectivity index (χ1) is 11.6. The molecule has 0 aliphatic heterocycles. The van der Waals surface area contributed by atoms with Crippen LogP contribution in [0.2, 0.25) is 0 Å². The van der Waals surface area contributed by atoms with Gasteiger partial charge in [0.05, 0.1) is 0 Å². The van der Waals surface area contributed by atoms with Crippen molar-refractivity contribution in [2.75, 3.05) is 0 Å². The molecule has 0 saturated heterocycles. The van der Waals surface area contributed by atoms with E-state index in [1.807, 2.05) is 26.0 Å². The molecular formula is C17H16BrF3O2S2. The SMILES string of the molecule is Cc1cc(SC(CCC(F)(F)F)c2ccc(C(=O)O)s2)cc(C)c1Br.